The van der Waals surface area contributed by atoms with Crippen LogP contribution in [0.15, 0.2) is 27.5 Å². The molecule has 0 aliphatic carbocycles. The lowest BCUT2D eigenvalue weighted by molar-refractivity contribution is 0.622. The van der Waals surface area contributed by atoms with Crippen LogP contribution in [-0.4, -0.2) is 14.5 Å². The second-order valence-electron chi connectivity index (χ2n) is 4.10. The van der Waals surface area contributed by atoms with E-state index in [0.717, 1.165) is 24.2 Å². The molecule has 0 spiro atoms. The van der Waals surface area contributed by atoms with Crippen molar-refractivity contribution in [2.75, 3.05) is 0 Å². The summed E-state index contributed by atoms with van der Waals surface area (Å²) in [5.74, 6) is -0.296. The van der Waals surface area contributed by atoms with Crippen molar-refractivity contribution in [3.63, 3.8) is 0 Å². The Kier molecular flexibility index (Phi) is 3.51. The van der Waals surface area contributed by atoms with E-state index in [1.807, 2.05) is 15.5 Å². The molecule has 0 fully saturated rings. The van der Waals surface area contributed by atoms with E-state index in [1.165, 1.54) is 6.07 Å². The number of nitrogens with one attached hydrogen (secondary N) is 1. The third-order valence-electron chi connectivity index (χ3n) is 2.89. The second-order valence-corrected chi connectivity index (χ2v) is 6.05. The van der Waals surface area contributed by atoms with Crippen LogP contribution in [-0.2, 0) is 13.0 Å². The molecule has 3 aromatic rings. The number of halogens is 2. The lowest BCUT2D eigenvalue weighted by Crippen LogP contribution is -2.01. The zero-order valence-corrected chi connectivity index (χ0v) is 12.9. The fraction of sp³-hybridized carbons (Fsp3) is 0.167. The molecular formula is C12H9BrFN3S2. The fourth-order valence-corrected chi connectivity index (χ4v) is 3.18. The summed E-state index contributed by atoms with van der Waals surface area (Å²) in [6.45, 7) is 0.723. The Morgan fingerprint density at radius 3 is 3.05 bits per heavy atom. The van der Waals surface area contributed by atoms with Gasteiger partial charge in [0.25, 0.3) is 0 Å². The van der Waals surface area contributed by atoms with Gasteiger partial charge in [-0.2, -0.15) is 0 Å². The van der Waals surface area contributed by atoms with Gasteiger partial charge in [-0.05, 0) is 34.2 Å². The molecule has 0 saturated heterocycles. The number of rotatable bonds is 3. The van der Waals surface area contributed by atoms with Crippen LogP contribution < -0.4 is 0 Å². The molecule has 3 rings (SSSR count). The van der Waals surface area contributed by atoms with E-state index >= 15 is 0 Å². The van der Waals surface area contributed by atoms with Gasteiger partial charge in [-0.1, -0.05) is 0 Å². The van der Waals surface area contributed by atoms with Crippen molar-refractivity contribution in [1.29, 1.82) is 0 Å². The third kappa shape index (κ3) is 2.50. The largest absolute Gasteiger partial charge is 0.330 e. The number of aromatic amines is 1. The van der Waals surface area contributed by atoms with Gasteiger partial charge in [-0.15, -0.1) is 11.3 Å². The smallest absolute Gasteiger partial charge is 0.178 e. The van der Waals surface area contributed by atoms with Crippen LogP contribution in [0.25, 0.3) is 11.0 Å². The van der Waals surface area contributed by atoms with E-state index in [1.54, 1.807) is 17.4 Å². The summed E-state index contributed by atoms with van der Waals surface area (Å²) in [6.07, 6.45) is 0.805. The first-order chi connectivity index (χ1) is 9.15. The zero-order chi connectivity index (χ0) is 13.4. The van der Waals surface area contributed by atoms with Crippen LogP contribution in [0.5, 0.6) is 0 Å². The minimum atomic E-state index is -0.296. The van der Waals surface area contributed by atoms with Gasteiger partial charge in [-0.25, -0.2) is 9.37 Å². The number of hydrogen-bond acceptors (Lipinski definition) is 3. The number of nitrogens with zero attached hydrogens (tertiary/aromatic N) is 2. The molecule has 1 N–H and O–H groups in total. The molecule has 98 valence electrons. The highest BCUT2D eigenvalue weighted by Gasteiger charge is 2.09. The maximum absolute atomic E-state index is 13.5. The first-order valence-electron chi connectivity index (χ1n) is 5.60. The summed E-state index contributed by atoms with van der Waals surface area (Å²) in [6, 6.07) is 3.20. The summed E-state index contributed by atoms with van der Waals surface area (Å²) < 4.78 is 16.5. The first-order valence-corrected chi connectivity index (χ1v) is 7.74. The lowest BCUT2D eigenvalue weighted by atomic mass is 10.3. The molecule has 0 radical (unpaired) electrons. The van der Waals surface area contributed by atoms with E-state index in [4.69, 9.17) is 12.2 Å². The Bertz CT molecular complexity index is 776. The maximum atomic E-state index is 13.5. The average Bonchev–Trinajstić information content (AvgIpc) is 2.96. The number of imidazole rings is 1. The molecule has 2 aromatic heterocycles. The highest BCUT2D eigenvalue weighted by atomic mass is 79.9. The Hall–Kier alpha value is -1.05. The summed E-state index contributed by atoms with van der Waals surface area (Å²) in [7, 11) is 0. The van der Waals surface area contributed by atoms with Crippen LogP contribution in [0.4, 0.5) is 4.39 Å². The normalized spacial score (nSPS) is 11.3. The molecule has 0 saturated carbocycles. The fourth-order valence-electron chi connectivity index (χ4n) is 1.96. The van der Waals surface area contributed by atoms with E-state index in [9.17, 15) is 4.39 Å². The number of aromatic nitrogens is 3. The van der Waals surface area contributed by atoms with Crippen molar-refractivity contribution in [2.45, 2.75) is 13.0 Å². The number of H-pyrrole nitrogens is 1. The zero-order valence-electron chi connectivity index (χ0n) is 9.69. The highest BCUT2D eigenvalue weighted by Crippen LogP contribution is 2.23. The Morgan fingerprint density at radius 1 is 1.47 bits per heavy atom. The second kappa shape index (κ2) is 5.15. The molecule has 0 unspecified atom stereocenters. The van der Waals surface area contributed by atoms with Crippen molar-refractivity contribution >= 4 is 50.5 Å². The topological polar surface area (TPSA) is 33.6 Å². The van der Waals surface area contributed by atoms with Crippen molar-refractivity contribution in [3.05, 3.63) is 43.8 Å². The van der Waals surface area contributed by atoms with Crippen LogP contribution in [0.3, 0.4) is 0 Å². The van der Waals surface area contributed by atoms with Gasteiger partial charge in [0.1, 0.15) is 5.82 Å². The summed E-state index contributed by atoms with van der Waals surface area (Å²) in [5.41, 5.74) is 4.47. The summed E-state index contributed by atoms with van der Waals surface area (Å²) in [4.78, 5) is 7.27. The third-order valence-corrected chi connectivity index (χ3v) is 4.46. The van der Waals surface area contributed by atoms with Crippen LogP contribution in [0, 0.1) is 10.6 Å². The molecule has 0 aliphatic rings. The quantitative estimate of drug-likeness (QED) is 0.709. The molecule has 0 amide bonds. The maximum Gasteiger partial charge on any atom is 0.178 e. The molecule has 0 atom stereocenters. The van der Waals surface area contributed by atoms with E-state index < -0.39 is 0 Å². The predicted octanol–water partition coefficient (Wildman–Crippen LogP) is 4.30. The standard InChI is InChI=1S/C12H9BrFN3S2/c13-8-3-11-10(4-9(8)14)16-12(18)17(11)2-1-7-5-19-6-15-7/h3-6H,1-2H2,(H,16,18). The Balaban J connectivity index is 2.00. The Labute approximate surface area is 126 Å². The first kappa shape index (κ1) is 13.0. The summed E-state index contributed by atoms with van der Waals surface area (Å²) >= 11 is 10.1. The Morgan fingerprint density at radius 2 is 2.32 bits per heavy atom. The molecule has 0 aliphatic heterocycles. The van der Waals surface area contributed by atoms with Crippen molar-refractivity contribution < 1.29 is 4.39 Å². The number of hydrogen-bond donors (Lipinski definition) is 1. The SMILES string of the molecule is Fc1cc2[nH]c(=S)n(CCc3cscn3)c2cc1Br. The van der Waals surface area contributed by atoms with E-state index in [0.29, 0.717) is 14.8 Å². The molecule has 1 aromatic carbocycles. The van der Waals surface area contributed by atoms with Crippen molar-refractivity contribution in [2.24, 2.45) is 0 Å². The van der Waals surface area contributed by atoms with Crippen molar-refractivity contribution in [1.82, 2.24) is 14.5 Å². The lowest BCUT2D eigenvalue weighted by Gasteiger charge is -2.03. The number of benzene rings is 1. The number of fused-ring (bicyclic) bond motifs is 1. The van der Waals surface area contributed by atoms with Crippen LogP contribution >= 0.6 is 39.5 Å². The number of thiazole rings is 1. The van der Waals surface area contributed by atoms with Gasteiger partial charge in [0.2, 0.25) is 0 Å². The number of aryl methyl sites for hydroxylation is 2. The highest BCUT2D eigenvalue weighted by molar-refractivity contribution is 9.10. The molecule has 19 heavy (non-hydrogen) atoms. The molecule has 7 heteroatoms. The average molecular weight is 358 g/mol. The molecule has 0 bridgehead atoms. The van der Waals surface area contributed by atoms with Crippen molar-refractivity contribution in [3.8, 4) is 0 Å². The minimum absolute atomic E-state index is 0.296. The molecule has 3 nitrogen and oxygen atoms in total. The predicted molar refractivity (Wildman–Crippen MR) is 80.6 cm³/mol. The van der Waals surface area contributed by atoms with Gasteiger partial charge < -0.3 is 9.55 Å². The monoisotopic (exact) mass is 357 g/mol. The van der Waals surface area contributed by atoms with Gasteiger partial charge in [-0.3, -0.25) is 0 Å². The van der Waals surface area contributed by atoms with Crippen LogP contribution in [0.1, 0.15) is 5.69 Å². The van der Waals surface area contributed by atoms with Gasteiger partial charge >= 0.3 is 0 Å². The van der Waals surface area contributed by atoms with Gasteiger partial charge in [0.15, 0.2) is 4.77 Å². The summed E-state index contributed by atoms with van der Waals surface area (Å²) in [5, 5.41) is 2.02. The van der Waals surface area contributed by atoms with Crippen LogP contribution in [0.2, 0.25) is 0 Å². The van der Waals surface area contributed by atoms with Gasteiger partial charge in [0, 0.05) is 24.4 Å². The van der Waals surface area contributed by atoms with E-state index in [2.05, 4.69) is 25.9 Å². The molecule has 2 heterocycles. The minimum Gasteiger partial charge on any atom is -0.330 e. The van der Waals surface area contributed by atoms with E-state index in [-0.39, 0.29) is 5.82 Å². The molecular weight excluding hydrogens is 349 g/mol. The van der Waals surface area contributed by atoms with Gasteiger partial charge in [0.05, 0.1) is 26.7 Å².